The van der Waals surface area contributed by atoms with Gasteiger partial charge in [-0.25, -0.2) is 0 Å². The Bertz CT molecular complexity index is 633. The van der Waals surface area contributed by atoms with Gasteiger partial charge < -0.3 is 4.74 Å². The number of benzene rings is 2. The van der Waals surface area contributed by atoms with Crippen LogP contribution in [0.15, 0.2) is 42.5 Å². The van der Waals surface area contributed by atoms with Gasteiger partial charge in [0, 0.05) is 16.1 Å². The van der Waals surface area contributed by atoms with Gasteiger partial charge in [-0.1, -0.05) is 29.8 Å². The molecule has 0 saturated heterocycles. The molecule has 0 aliphatic carbocycles. The third-order valence-corrected chi connectivity index (χ3v) is 3.15. The van der Waals surface area contributed by atoms with Crippen molar-refractivity contribution in [3.8, 4) is 5.75 Å². The molecule has 0 saturated carbocycles. The highest BCUT2D eigenvalue weighted by Gasteiger charge is 2.13. The first-order valence-corrected chi connectivity index (χ1v) is 6.92. The van der Waals surface area contributed by atoms with E-state index in [-0.39, 0.29) is 11.9 Å². The molecule has 0 heterocycles. The second-order valence-corrected chi connectivity index (χ2v) is 5.42. The molecule has 104 valence electrons. The minimum absolute atomic E-state index is 0.0424. The van der Waals surface area contributed by atoms with Crippen molar-refractivity contribution in [2.75, 3.05) is 0 Å². The zero-order chi connectivity index (χ0) is 14.7. The molecular weight excluding hydrogens is 272 g/mol. The third kappa shape index (κ3) is 3.40. The first-order chi connectivity index (χ1) is 9.47. The molecular formula is C17H17ClO2. The van der Waals surface area contributed by atoms with Gasteiger partial charge in [-0.05, 0) is 50.6 Å². The summed E-state index contributed by atoms with van der Waals surface area (Å²) in [5.41, 5.74) is 2.14. The van der Waals surface area contributed by atoms with Crippen molar-refractivity contribution in [2.45, 2.75) is 26.9 Å². The lowest BCUT2D eigenvalue weighted by molar-refractivity contribution is 0.103. The van der Waals surface area contributed by atoms with Crippen molar-refractivity contribution in [3.63, 3.8) is 0 Å². The Morgan fingerprint density at radius 1 is 1.15 bits per heavy atom. The molecule has 20 heavy (non-hydrogen) atoms. The first-order valence-electron chi connectivity index (χ1n) is 6.55. The standard InChI is InChI=1S/C17H17ClO2/c1-11(2)20-15-6-4-5-13(9-15)17(19)16-10-14(18)8-7-12(16)3/h4-11H,1-3H3. The molecule has 0 aliphatic rings. The molecule has 0 spiro atoms. The Morgan fingerprint density at radius 2 is 1.90 bits per heavy atom. The summed E-state index contributed by atoms with van der Waals surface area (Å²) in [4.78, 5) is 12.5. The van der Waals surface area contributed by atoms with Crippen LogP contribution in [0.3, 0.4) is 0 Å². The maximum absolute atomic E-state index is 12.5. The molecule has 3 heteroatoms. The maximum Gasteiger partial charge on any atom is 0.193 e. The van der Waals surface area contributed by atoms with Crippen molar-refractivity contribution >= 4 is 17.4 Å². The number of ketones is 1. The van der Waals surface area contributed by atoms with E-state index in [0.29, 0.717) is 21.9 Å². The van der Waals surface area contributed by atoms with Crippen LogP contribution in [0.1, 0.15) is 35.3 Å². The number of halogens is 1. The average Bonchev–Trinajstić information content (AvgIpc) is 2.40. The Balaban J connectivity index is 2.35. The van der Waals surface area contributed by atoms with E-state index in [1.165, 1.54) is 0 Å². The molecule has 2 rings (SSSR count). The number of carbonyl (C=O) groups excluding carboxylic acids is 1. The topological polar surface area (TPSA) is 26.3 Å². The van der Waals surface area contributed by atoms with Crippen LogP contribution >= 0.6 is 11.6 Å². The van der Waals surface area contributed by atoms with Crippen molar-refractivity contribution < 1.29 is 9.53 Å². The van der Waals surface area contributed by atoms with Crippen molar-refractivity contribution in [3.05, 3.63) is 64.2 Å². The van der Waals surface area contributed by atoms with Gasteiger partial charge in [-0.3, -0.25) is 4.79 Å². The second kappa shape index (κ2) is 6.10. The third-order valence-electron chi connectivity index (χ3n) is 2.91. The Hall–Kier alpha value is -1.80. The molecule has 0 atom stereocenters. The lowest BCUT2D eigenvalue weighted by Crippen LogP contribution is -2.07. The van der Waals surface area contributed by atoms with Crippen LogP contribution in [0.4, 0.5) is 0 Å². The fraction of sp³-hybridized carbons (Fsp3) is 0.235. The normalized spacial score (nSPS) is 10.7. The average molecular weight is 289 g/mol. The van der Waals surface area contributed by atoms with Gasteiger partial charge in [0.25, 0.3) is 0 Å². The van der Waals surface area contributed by atoms with E-state index in [1.807, 2.05) is 39.0 Å². The molecule has 2 aromatic carbocycles. The van der Waals surface area contributed by atoms with Crippen LogP contribution in [-0.2, 0) is 0 Å². The molecule has 0 aliphatic heterocycles. The van der Waals surface area contributed by atoms with E-state index in [4.69, 9.17) is 16.3 Å². The van der Waals surface area contributed by atoms with Crippen molar-refractivity contribution in [1.82, 2.24) is 0 Å². The smallest absolute Gasteiger partial charge is 0.193 e. The summed E-state index contributed by atoms with van der Waals surface area (Å²) in [5.74, 6) is 0.657. The molecule has 2 nitrogen and oxygen atoms in total. The number of aryl methyl sites for hydroxylation is 1. The minimum Gasteiger partial charge on any atom is -0.491 e. The van der Waals surface area contributed by atoms with Gasteiger partial charge in [-0.2, -0.15) is 0 Å². The number of hydrogen-bond donors (Lipinski definition) is 0. The highest BCUT2D eigenvalue weighted by atomic mass is 35.5. The van der Waals surface area contributed by atoms with Crippen molar-refractivity contribution in [1.29, 1.82) is 0 Å². The molecule has 0 fully saturated rings. The van der Waals surface area contributed by atoms with E-state index in [2.05, 4.69) is 0 Å². The van der Waals surface area contributed by atoms with Crippen LogP contribution in [-0.4, -0.2) is 11.9 Å². The second-order valence-electron chi connectivity index (χ2n) is 4.98. The van der Waals surface area contributed by atoms with E-state index >= 15 is 0 Å². The zero-order valence-corrected chi connectivity index (χ0v) is 12.6. The summed E-state index contributed by atoms with van der Waals surface area (Å²) in [5, 5.41) is 0.563. The molecule has 0 amide bonds. The van der Waals surface area contributed by atoms with Gasteiger partial charge in [-0.15, -0.1) is 0 Å². The van der Waals surface area contributed by atoms with Crippen LogP contribution in [0, 0.1) is 6.92 Å². The monoisotopic (exact) mass is 288 g/mol. The summed E-state index contributed by atoms with van der Waals surface area (Å²) < 4.78 is 5.62. The number of hydrogen-bond acceptors (Lipinski definition) is 2. The van der Waals surface area contributed by atoms with Crippen LogP contribution in [0.2, 0.25) is 5.02 Å². The molecule has 0 N–H and O–H groups in total. The van der Waals surface area contributed by atoms with Gasteiger partial charge in [0.05, 0.1) is 6.10 Å². The Morgan fingerprint density at radius 3 is 2.60 bits per heavy atom. The van der Waals surface area contributed by atoms with E-state index < -0.39 is 0 Å². The van der Waals surface area contributed by atoms with E-state index in [9.17, 15) is 4.79 Å². The zero-order valence-electron chi connectivity index (χ0n) is 11.8. The van der Waals surface area contributed by atoms with E-state index in [1.54, 1.807) is 24.3 Å². The predicted molar refractivity (Wildman–Crippen MR) is 81.8 cm³/mol. The minimum atomic E-state index is -0.0424. The van der Waals surface area contributed by atoms with Crippen LogP contribution in [0.25, 0.3) is 0 Å². The van der Waals surface area contributed by atoms with Gasteiger partial charge in [0.1, 0.15) is 5.75 Å². The Labute approximate surface area is 124 Å². The quantitative estimate of drug-likeness (QED) is 0.765. The fourth-order valence-corrected chi connectivity index (χ4v) is 2.15. The predicted octanol–water partition coefficient (Wildman–Crippen LogP) is 4.67. The number of carbonyl (C=O) groups is 1. The summed E-state index contributed by atoms with van der Waals surface area (Å²) in [7, 11) is 0. The van der Waals surface area contributed by atoms with Crippen LogP contribution in [0.5, 0.6) is 5.75 Å². The summed E-state index contributed by atoms with van der Waals surface area (Å²) in [6.45, 7) is 5.81. The van der Waals surface area contributed by atoms with Crippen LogP contribution < -0.4 is 4.74 Å². The summed E-state index contributed by atoms with van der Waals surface area (Å²) in [6, 6.07) is 12.6. The summed E-state index contributed by atoms with van der Waals surface area (Å²) >= 11 is 5.97. The summed E-state index contributed by atoms with van der Waals surface area (Å²) in [6.07, 6.45) is 0.0771. The fourth-order valence-electron chi connectivity index (χ4n) is 1.98. The largest absolute Gasteiger partial charge is 0.491 e. The maximum atomic E-state index is 12.5. The van der Waals surface area contributed by atoms with Crippen molar-refractivity contribution in [2.24, 2.45) is 0 Å². The lowest BCUT2D eigenvalue weighted by atomic mass is 9.99. The molecule has 2 aromatic rings. The van der Waals surface area contributed by atoms with E-state index in [0.717, 1.165) is 5.56 Å². The molecule has 0 aromatic heterocycles. The van der Waals surface area contributed by atoms with Gasteiger partial charge in [0.15, 0.2) is 5.78 Å². The molecule has 0 bridgehead atoms. The SMILES string of the molecule is Cc1ccc(Cl)cc1C(=O)c1cccc(OC(C)C)c1. The lowest BCUT2D eigenvalue weighted by Gasteiger charge is -2.11. The first kappa shape index (κ1) is 14.6. The molecule has 0 unspecified atom stereocenters. The number of ether oxygens (including phenoxy) is 1. The highest BCUT2D eigenvalue weighted by molar-refractivity contribution is 6.31. The Kier molecular flexibility index (Phi) is 4.46. The highest BCUT2D eigenvalue weighted by Crippen LogP contribution is 2.21. The van der Waals surface area contributed by atoms with Gasteiger partial charge >= 0.3 is 0 Å². The number of rotatable bonds is 4. The van der Waals surface area contributed by atoms with Gasteiger partial charge in [0.2, 0.25) is 0 Å². The molecule has 0 radical (unpaired) electrons.